The summed E-state index contributed by atoms with van der Waals surface area (Å²) in [5.74, 6) is -0.195. The number of nitrogens with zero attached hydrogens (tertiary/aromatic N) is 3. The standard InChI is InChI=1S/C11H18FN5/c1-8(7-17-4-2-3-5-17)15-10-9(12)6-14-11(13)16-10/h6,8H,2-5,7H2,1H3,(H3,13,14,15,16). The van der Waals surface area contributed by atoms with Crippen molar-refractivity contribution < 1.29 is 4.39 Å². The van der Waals surface area contributed by atoms with Gasteiger partial charge in [-0.2, -0.15) is 4.98 Å². The van der Waals surface area contributed by atoms with Crippen molar-refractivity contribution in [1.29, 1.82) is 0 Å². The van der Waals surface area contributed by atoms with Crippen molar-refractivity contribution in [3.63, 3.8) is 0 Å². The van der Waals surface area contributed by atoms with Crippen LogP contribution in [0.25, 0.3) is 0 Å². The van der Waals surface area contributed by atoms with Gasteiger partial charge in [0.05, 0.1) is 6.20 Å². The molecule has 3 N–H and O–H groups in total. The van der Waals surface area contributed by atoms with Gasteiger partial charge in [-0.3, -0.25) is 0 Å². The van der Waals surface area contributed by atoms with Crippen LogP contribution < -0.4 is 11.1 Å². The van der Waals surface area contributed by atoms with E-state index >= 15 is 0 Å². The highest BCUT2D eigenvalue weighted by Crippen LogP contribution is 2.13. The molecular weight excluding hydrogens is 221 g/mol. The first-order valence-electron chi connectivity index (χ1n) is 5.92. The fourth-order valence-corrected chi connectivity index (χ4v) is 2.11. The lowest BCUT2D eigenvalue weighted by atomic mass is 10.3. The Labute approximate surface area is 100 Å². The first-order chi connectivity index (χ1) is 8.15. The lowest BCUT2D eigenvalue weighted by molar-refractivity contribution is 0.327. The summed E-state index contributed by atoms with van der Waals surface area (Å²) in [6, 6.07) is 0.136. The average molecular weight is 239 g/mol. The Bertz CT molecular complexity index is 378. The minimum atomic E-state index is -0.465. The minimum absolute atomic E-state index is 0.0854. The maximum Gasteiger partial charge on any atom is 0.222 e. The van der Waals surface area contributed by atoms with Crippen molar-refractivity contribution in [2.45, 2.75) is 25.8 Å². The molecule has 2 heterocycles. The van der Waals surface area contributed by atoms with Crippen molar-refractivity contribution in [2.75, 3.05) is 30.7 Å². The van der Waals surface area contributed by atoms with Gasteiger partial charge in [0, 0.05) is 12.6 Å². The summed E-state index contributed by atoms with van der Waals surface area (Å²) < 4.78 is 13.4. The number of nitrogen functional groups attached to an aromatic ring is 1. The Hall–Kier alpha value is -1.43. The predicted molar refractivity (Wildman–Crippen MR) is 65.2 cm³/mol. The fraction of sp³-hybridized carbons (Fsp3) is 0.636. The second kappa shape index (κ2) is 5.27. The highest BCUT2D eigenvalue weighted by molar-refractivity contribution is 5.39. The molecule has 1 aromatic heterocycles. The van der Waals surface area contributed by atoms with Gasteiger partial charge in [-0.1, -0.05) is 0 Å². The van der Waals surface area contributed by atoms with Crippen LogP contribution in [0.4, 0.5) is 16.2 Å². The zero-order valence-corrected chi connectivity index (χ0v) is 9.99. The van der Waals surface area contributed by atoms with Crippen LogP contribution in [-0.4, -0.2) is 40.5 Å². The third-order valence-corrected chi connectivity index (χ3v) is 2.88. The van der Waals surface area contributed by atoms with Crippen molar-refractivity contribution in [2.24, 2.45) is 0 Å². The number of halogens is 1. The lowest BCUT2D eigenvalue weighted by Gasteiger charge is -2.21. The van der Waals surface area contributed by atoms with Crippen LogP contribution >= 0.6 is 0 Å². The molecule has 1 atom stereocenters. The first kappa shape index (κ1) is 12.0. The van der Waals surface area contributed by atoms with E-state index < -0.39 is 5.82 Å². The van der Waals surface area contributed by atoms with E-state index in [9.17, 15) is 4.39 Å². The van der Waals surface area contributed by atoms with Gasteiger partial charge in [0.1, 0.15) is 0 Å². The summed E-state index contributed by atoms with van der Waals surface area (Å²) in [6.45, 7) is 5.15. The maximum atomic E-state index is 13.4. The van der Waals surface area contributed by atoms with Gasteiger partial charge in [0.25, 0.3) is 0 Å². The smallest absolute Gasteiger partial charge is 0.222 e. The second-order valence-electron chi connectivity index (χ2n) is 4.48. The minimum Gasteiger partial charge on any atom is -0.368 e. The molecular formula is C11H18FN5. The van der Waals surface area contributed by atoms with Gasteiger partial charge in [0.2, 0.25) is 5.95 Å². The first-order valence-corrected chi connectivity index (χ1v) is 5.92. The highest BCUT2D eigenvalue weighted by atomic mass is 19.1. The van der Waals surface area contributed by atoms with Gasteiger partial charge >= 0.3 is 0 Å². The molecule has 0 aromatic carbocycles. The van der Waals surface area contributed by atoms with Crippen LogP contribution in [0, 0.1) is 5.82 Å². The number of likely N-dealkylation sites (tertiary alicyclic amines) is 1. The molecule has 0 saturated carbocycles. The van der Waals surface area contributed by atoms with E-state index in [4.69, 9.17) is 5.73 Å². The molecule has 1 aliphatic rings. The fourth-order valence-electron chi connectivity index (χ4n) is 2.11. The summed E-state index contributed by atoms with van der Waals surface area (Å²) in [5, 5.41) is 3.03. The number of nitrogens with one attached hydrogen (secondary N) is 1. The molecule has 6 heteroatoms. The number of rotatable bonds is 4. The molecule has 1 fully saturated rings. The van der Waals surface area contributed by atoms with Crippen molar-refractivity contribution >= 4 is 11.8 Å². The van der Waals surface area contributed by atoms with E-state index in [2.05, 4.69) is 20.2 Å². The van der Waals surface area contributed by atoms with Gasteiger partial charge in [-0.15, -0.1) is 0 Å². The zero-order chi connectivity index (χ0) is 12.3. The molecule has 0 spiro atoms. The van der Waals surface area contributed by atoms with Crippen LogP contribution in [-0.2, 0) is 0 Å². The number of hydrogen-bond donors (Lipinski definition) is 2. The molecule has 1 aromatic rings. The Morgan fingerprint density at radius 1 is 1.53 bits per heavy atom. The quantitative estimate of drug-likeness (QED) is 0.823. The third-order valence-electron chi connectivity index (χ3n) is 2.88. The Morgan fingerprint density at radius 3 is 2.94 bits per heavy atom. The molecule has 17 heavy (non-hydrogen) atoms. The van der Waals surface area contributed by atoms with Crippen LogP contribution in [0.1, 0.15) is 19.8 Å². The van der Waals surface area contributed by atoms with Crippen LogP contribution in [0.15, 0.2) is 6.20 Å². The molecule has 5 nitrogen and oxygen atoms in total. The Kier molecular flexibility index (Phi) is 3.73. The molecule has 1 saturated heterocycles. The van der Waals surface area contributed by atoms with E-state index in [1.165, 1.54) is 12.8 Å². The van der Waals surface area contributed by atoms with Gasteiger partial charge in [-0.25, -0.2) is 9.37 Å². The van der Waals surface area contributed by atoms with Gasteiger partial charge in [0.15, 0.2) is 11.6 Å². The van der Waals surface area contributed by atoms with E-state index in [0.717, 1.165) is 25.8 Å². The predicted octanol–water partition coefficient (Wildman–Crippen LogP) is 1.09. The van der Waals surface area contributed by atoms with E-state index in [-0.39, 0.29) is 17.8 Å². The summed E-state index contributed by atoms with van der Waals surface area (Å²) in [5.41, 5.74) is 5.43. The van der Waals surface area contributed by atoms with Crippen LogP contribution in [0.2, 0.25) is 0 Å². The summed E-state index contributed by atoms with van der Waals surface area (Å²) in [4.78, 5) is 9.80. The average Bonchev–Trinajstić information content (AvgIpc) is 2.76. The zero-order valence-electron chi connectivity index (χ0n) is 9.99. The van der Waals surface area contributed by atoms with Gasteiger partial charge in [-0.05, 0) is 32.9 Å². The van der Waals surface area contributed by atoms with Crippen LogP contribution in [0.3, 0.4) is 0 Å². The molecule has 0 bridgehead atoms. The lowest BCUT2D eigenvalue weighted by Crippen LogP contribution is -2.33. The summed E-state index contributed by atoms with van der Waals surface area (Å²) in [7, 11) is 0. The SMILES string of the molecule is CC(CN1CCCC1)Nc1nc(N)ncc1F. The number of anilines is 2. The van der Waals surface area contributed by atoms with E-state index in [1.807, 2.05) is 6.92 Å². The van der Waals surface area contributed by atoms with Gasteiger partial charge < -0.3 is 16.0 Å². The van der Waals surface area contributed by atoms with Crippen LogP contribution in [0.5, 0.6) is 0 Å². The molecule has 94 valence electrons. The van der Waals surface area contributed by atoms with Crippen molar-refractivity contribution in [1.82, 2.24) is 14.9 Å². The maximum absolute atomic E-state index is 13.4. The molecule has 0 radical (unpaired) electrons. The number of aromatic nitrogens is 2. The second-order valence-corrected chi connectivity index (χ2v) is 4.48. The van der Waals surface area contributed by atoms with E-state index in [1.54, 1.807) is 0 Å². The molecule has 1 aliphatic heterocycles. The monoisotopic (exact) mass is 239 g/mol. The molecule has 0 aliphatic carbocycles. The topological polar surface area (TPSA) is 67.1 Å². The third kappa shape index (κ3) is 3.26. The largest absolute Gasteiger partial charge is 0.368 e. The van der Waals surface area contributed by atoms with Crippen molar-refractivity contribution in [3.05, 3.63) is 12.0 Å². The Balaban J connectivity index is 1.92. The number of nitrogens with two attached hydrogens (primary N) is 1. The molecule has 2 rings (SSSR count). The Morgan fingerprint density at radius 2 is 2.24 bits per heavy atom. The highest BCUT2D eigenvalue weighted by Gasteiger charge is 2.16. The van der Waals surface area contributed by atoms with E-state index in [0.29, 0.717) is 0 Å². The summed E-state index contributed by atoms with van der Waals surface area (Å²) >= 11 is 0. The molecule has 1 unspecified atom stereocenters. The number of hydrogen-bond acceptors (Lipinski definition) is 5. The van der Waals surface area contributed by atoms with Crippen molar-refractivity contribution in [3.8, 4) is 0 Å². The summed E-state index contributed by atoms with van der Waals surface area (Å²) in [6.07, 6.45) is 3.59. The molecule has 0 amide bonds. The normalized spacial score (nSPS) is 18.2.